The molecular weight excluding hydrogens is 673 g/mol. The summed E-state index contributed by atoms with van der Waals surface area (Å²) in [6, 6.07) is 61.8. The molecule has 2 aromatic heterocycles. The Labute approximate surface area is 316 Å². The zero-order valence-electron chi connectivity index (χ0n) is 29.4. The number of nitriles is 1. The van der Waals surface area contributed by atoms with Crippen LogP contribution in [0, 0.1) is 11.3 Å². The summed E-state index contributed by atoms with van der Waals surface area (Å²) in [6.07, 6.45) is 0. The Kier molecular flexibility index (Phi) is 6.15. The molecule has 0 radical (unpaired) electrons. The lowest BCUT2D eigenvalue weighted by Gasteiger charge is -2.34. The summed E-state index contributed by atoms with van der Waals surface area (Å²) in [5.41, 5.74) is 11.8. The van der Waals surface area contributed by atoms with E-state index in [4.69, 9.17) is 9.47 Å². The molecule has 10 aromatic rings. The topological polar surface area (TPSA) is 52.1 Å². The highest BCUT2D eigenvalue weighted by atomic mass is 16.5. The third-order valence-corrected chi connectivity index (χ3v) is 11.5. The van der Waals surface area contributed by atoms with Gasteiger partial charge in [0.1, 0.15) is 29.1 Å². The van der Waals surface area contributed by atoms with Crippen LogP contribution in [0.3, 0.4) is 0 Å². The SMILES string of the molecule is N#Cc1cc2c3c(c1-c1ccccc1-n1c4ccccc4c4cc(-n5c6ccccc6c6ccccc65)ccc41)Oc1ccccc1B3c1ccccc1O2. The fraction of sp³-hybridized carbons (Fsp3) is 0. The average molecular weight is 702 g/mol. The molecular formula is C49H28BN3O2. The summed E-state index contributed by atoms with van der Waals surface area (Å²) < 4.78 is 18.2. The normalized spacial score (nSPS) is 12.6. The molecule has 0 unspecified atom stereocenters. The molecule has 2 aliphatic heterocycles. The van der Waals surface area contributed by atoms with Gasteiger partial charge in [-0.15, -0.1) is 0 Å². The van der Waals surface area contributed by atoms with Crippen LogP contribution in [0.15, 0.2) is 170 Å². The van der Waals surface area contributed by atoms with Gasteiger partial charge in [-0.1, -0.05) is 109 Å². The number of benzene rings is 8. The molecule has 0 fully saturated rings. The predicted octanol–water partition coefficient (Wildman–Crippen LogP) is 10.1. The van der Waals surface area contributed by atoms with E-state index in [0.29, 0.717) is 17.1 Å². The Balaban J connectivity index is 1.12. The third-order valence-electron chi connectivity index (χ3n) is 11.5. The van der Waals surface area contributed by atoms with Crippen LogP contribution >= 0.6 is 0 Å². The highest BCUT2D eigenvalue weighted by molar-refractivity contribution is 6.98. The van der Waals surface area contributed by atoms with E-state index in [1.165, 1.54) is 21.8 Å². The number of fused-ring (bicyclic) bond motifs is 10. The average Bonchev–Trinajstić information content (AvgIpc) is 3.76. The predicted molar refractivity (Wildman–Crippen MR) is 223 cm³/mol. The van der Waals surface area contributed by atoms with Gasteiger partial charge < -0.3 is 18.6 Å². The first-order valence-electron chi connectivity index (χ1n) is 18.5. The Morgan fingerprint density at radius 3 is 1.71 bits per heavy atom. The molecule has 0 aliphatic carbocycles. The molecule has 0 saturated carbocycles. The van der Waals surface area contributed by atoms with Crippen LogP contribution in [0.2, 0.25) is 0 Å². The number of nitrogens with zero attached hydrogens (tertiary/aromatic N) is 3. The van der Waals surface area contributed by atoms with E-state index < -0.39 is 0 Å². The summed E-state index contributed by atoms with van der Waals surface area (Å²) in [5.74, 6) is 2.89. The minimum absolute atomic E-state index is 0.105. The van der Waals surface area contributed by atoms with E-state index in [-0.39, 0.29) is 6.71 Å². The Hall–Kier alpha value is -7.49. The molecule has 254 valence electrons. The van der Waals surface area contributed by atoms with Crippen LogP contribution in [0.4, 0.5) is 0 Å². The lowest BCUT2D eigenvalue weighted by Crippen LogP contribution is -2.57. The quantitative estimate of drug-likeness (QED) is 0.172. The van der Waals surface area contributed by atoms with Crippen molar-refractivity contribution < 1.29 is 9.47 Å². The standard InChI is InChI=1S/C49H28BN3O2/c51-29-30-27-46-48-49(55-45-24-12-6-18-38(45)50(48)37-17-5-11-23-44(37)54-46)47(30)35-16-4-10-22-42(35)53-41-21-9-3-15-34(41)36-28-31(25-26-43(36)53)52-39-19-7-1-13-32(39)33-14-2-8-20-40(33)52/h1-28H. The van der Waals surface area contributed by atoms with Gasteiger partial charge in [-0.25, -0.2) is 0 Å². The second-order valence-corrected chi connectivity index (χ2v) is 14.3. The van der Waals surface area contributed by atoms with Gasteiger partial charge >= 0.3 is 0 Å². The number of hydrogen-bond donors (Lipinski definition) is 0. The smallest absolute Gasteiger partial charge is 0.260 e. The second-order valence-electron chi connectivity index (χ2n) is 14.3. The van der Waals surface area contributed by atoms with Crippen molar-refractivity contribution in [2.75, 3.05) is 0 Å². The molecule has 0 amide bonds. The van der Waals surface area contributed by atoms with Gasteiger partial charge in [0, 0.05) is 43.8 Å². The summed E-state index contributed by atoms with van der Waals surface area (Å²) in [4.78, 5) is 0. The summed E-state index contributed by atoms with van der Waals surface area (Å²) in [5, 5.41) is 15.6. The van der Waals surface area contributed by atoms with Gasteiger partial charge in [0.25, 0.3) is 6.71 Å². The van der Waals surface area contributed by atoms with Crippen LogP contribution in [0.25, 0.3) is 66.1 Å². The van der Waals surface area contributed by atoms with Crippen LogP contribution in [0.1, 0.15) is 5.56 Å². The Morgan fingerprint density at radius 1 is 0.473 bits per heavy atom. The van der Waals surface area contributed by atoms with Crippen molar-refractivity contribution >= 4 is 66.7 Å². The first-order chi connectivity index (χ1) is 27.3. The van der Waals surface area contributed by atoms with Gasteiger partial charge in [0.15, 0.2) is 0 Å². The summed E-state index contributed by atoms with van der Waals surface area (Å²) in [7, 11) is 0. The van der Waals surface area contributed by atoms with Crippen molar-refractivity contribution in [2.24, 2.45) is 0 Å². The van der Waals surface area contributed by atoms with Gasteiger partial charge in [0.05, 0.1) is 33.3 Å². The molecule has 55 heavy (non-hydrogen) atoms. The van der Waals surface area contributed by atoms with Crippen molar-refractivity contribution in [3.63, 3.8) is 0 Å². The molecule has 8 aromatic carbocycles. The molecule has 5 nitrogen and oxygen atoms in total. The molecule has 0 spiro atoms. The molecule has 2 aliphatic rings. The molecule has 0 bridgehead atoms. The molecule has 0 saturated heterocycles. The first-order valence-corrected chi connectivity index (χ1v) is 18.5. The molecule has 0 N–H and O–H groups in total. The zero-order valence-corrected chi connectivity index (χ0v) is 29.4. The van der Waals surface area contributed by atoms with Gasteiger partial charge in [-0.05, 0) is 71.6 Å². The van der Waals surface area contributed by atoms with Crippen LogP contribution < -0.4 is 25.9 Å². The molecule has 0 atom stereocenters. The summed E-state index contributed by atoms with van der Waals surface area (Å²) in [6.45, 7) is -0.105. The minimum atomic E-state index is -0.105. The van der Waals surface area contributed by atoms with Crippen LogP contribution in [-0.4, -0.2) is 15.8 Å². The lowest BCUT2D eigenvalue weighted by molar-refractivity contribution is 0.465. The Morgan fingerprint density at radius 2 is 1.02 bits per heavy atom. The van der Waals surface area contributed by atoms with Crippen molar-refractivity contribution in [1.82, 2.24) is 9.13 Å². The monoisotopic (exact) mass is 701 g/mol. The van der Waals surface area contributed by atoms with Crippen LogP contribution in [-0.2, 0) is 0 Å². The third kappa shape index (κ3) is 4.12. The van der Waals surface area contributed by atoms with E-state index in [1.54, 1.807) is 0 Å². The first kappa shape index (κ1) is 30.0. The number of hydrogen-bond acceptors (Lipinski definition) is 3. The summed E-state index contributed by atoms with van der Waals surface area (Å²) >= 11 is 0. The van der Waals surface area contributed by atoms with E-state index >= 15 is 0 Å². The second kappa shape index (κ2) is 11.3. The zero-order chi connectivity index (χ0) is 36.2. The van der Waals surface area contributed by atoms with Gasteiger partial charge in [0.2, 0.25) is 0 Å². The maximum Gasteiger partial charge on any atom is 0.260 e. The molecule has 4 heterocycles. The highest BCUT2D eigenvalue weighted by Gasteiger charge is 2.42. The minimum Gasteiger partial charge on any atom is -0.458 e. The van der Waals surface area contributed by atoms with Crippen molar-refractivity contribution in [2.45, 2.75) is 0 Å². The van der Waals surface area contributed by atoms with E-state index in [2.05, 4.69) is 149 Å². The maximum atomic E-state index is 10.8. The van der Waals surface area contributed by atoms with Gasteiger partial charge in [-0.3, -0.25) is 0 Å². The fourth-order valence-electron chi connectivity index (χ4n) is 9.24. The van der Waals surface area contributed by atoms with Crippen LogP contribution in [0.5, 0.6) is 23.0 Å². The molecule has 6 heteroatoms. The van der Waals surface area contributed by atoms with Crippen molar-refractivity contribution in [3.8, 4) is 51.6 Å². The number of rotatable bonds is 3. The van der Waals surface area contributed by atoms with E-state index in [0.717, 1.165) is 72.2 Å². The van der Waals surface area contributed by atoms with Crippen molar-refractivity contribution in [3.05, 3.63) is 175 Å². The fourth-order valence-corrected chi connectivity index (χ4v) is 9.24. The largest absolute Gasteiger partial charge is 0.458 e. The maximum absolute atomic E-state index is 10.8. The lowest BCUT2D eigenvalue weighted by atomic mass is 9.34. The van der Waals surface area contributed by atoms with Gasteiger partial charge in [-0.2, -0.15) is 5.26 Å². The highest BCUT2D eigenvalue weighted by Crippen LogP contribution is 2.46. The van der Waals surface area contributed by atoms with E-state index in [9.17, 15) is 5.26 Å². The number of aromatic nitrogens is 2. The van der Waals surface area contributed by atoms with E-state index in [1.807, 2.05) is 36.4 Å². The van der Waals surface area contributed by atoms with Crippen molar-refractivity contribution in [1.29, 1.82) is 5.26 Å². The number of ether oxygens (including phenoxy) is 2. The number of para-hydroxylation sites is 6. The Bertz CT molecular complexity index is 3250. The molecule has 12 rings (SSSR count).